The van der Waals surface area contributed by atoms with E-state index in [1.165, 1.54) is 22.7 Å². The molecule has 0 spiro atoms. The maximum atomic E-state index is 12.9. The number of hydrogen-bond donors (Lipinski definition) is 2. The number of nitrogens with zero attached hydrogens (tertiary/aromatic N) is 2. The summed E-state index contributed by atoms with van der Waals surface area (Å²) in [4.78, 5) is 4.44. The van der Waals surface area contributed by atoms with Crippen LogP contribution in [-0.2, 0) is 16.6 Å². The van der Waals surface area contributed by atoms with Crippen molar-refractivity contribution in [2.75, 3.05) is 32.4 Å². The highest BCUT2D eigenvalue weighted by atomic mass is 127. The molecule has 0 unspecified atom stereocenters. The van der Waals surface area contributed by atoms with E-state index < -0.39 is 10.0 Å². The molecule has 0 amide bonds. The first-order valence-electron chi connectivity index (χ1n) is 8.08. The lowest BCUT2D eigenvalue weighted by atomic mass is 10.2. The number of guanidine groups is 1. The zero-order valence-electron chi connectivity index (χ0n) is 15.0. The summed E-state index contributed by atoms with van der Waals surface area (Å²) in [6.45, 7) is 6.51. The van der Waals surface area contributed by atoms with E-state index in [0.29, 0.717) is 38.6 Å². The van der Waals surface area contributed by atoms with E-state index in [1.807, 2.05) is 13.8 Å². The van der Waals surface area contributed by atoms with E-state index >= 15 is 0 Å². The van der Waals surface area contributed by atoms with Crippen molar-refractivity contribution >= 4 is 40.0 Å². The van der Waals surface area contributed by atoms with Gasteiger partial charge in [0, 0.05) is 26.2 Å². The number of benzene rings is 1. The molecule has 6 nitrogen and oxygen atoms in total. The minimum Gasteiger partial charge on any atom is -0.357 e. The first-order valence-corrected chi connectivity index (χ1v) is 9.93. The van der Waals surface area contributed by atoms with Crippen LogP contribution in [0.15, 0.2) is 29.3 Å². The molecule has 9 heteroatoms. The van der Waals surface area contributed by atoms with Crippen LogP contribution in [0.5, 0.6) is 0 Å². The monoisotopic (exact) mass is 486 g/mol. The lowest BCUT2D eigenvalue weighted by Gasteiger charge is -2.18. The van der Waals surface area contributed by atoms with Crippen LogP contribution >= 0.6 is 24.0 Å². The van der Waals surface area contributed by atoms with Crippen LogP contribution in [0, 0.1) is 5.82 Å². The molecule has 0 atom stereocenters. The molecule has 0 fully saturated rings. The summed E-state index contributed by atoms with van der Waals surface area (Å²) in [5.74, 6) is 0.392. The van der Waals surface area contributed by atoms with Gasteiger partial charge in [0.15, 0.2) is 5.96 Å². The van der Waals surface area contributed by atoms with Gasteiger partial charge in [0.25, 0.3) is 0 Å². The normalized spacial score (nSPS) is 12.0. The number of rotatable bonds is 9. The lowest BCUT2D eigenvalue weighted by Crippen LogP contribution is -2.39. The quantitative estimate of drug-likeness (QED) is 0.243. The van der Waals surface area contributed by atoms with Gasteiger partial charge in [-0.25, -0.2) is 22.1 Å². The Labute approximate surface area is 167 Å². The second kappa shape index (κ2) is 12.4. The zero-order valence-corrected chi connectivity index (χ0v) is 18.1. The van der Waals surface area contributed by atoms with Crippen LogP contribution < -0.4 is 10.6 Å². The molecule has 0 bridgehead atoms. The molecule has 0 aliphatic carbocycles. The SMILES string of the molecule is CCNC(=NCc1ccc(F)cc1)NCCCN(CC)S(C)(=O)=O.I. The largest absolute Gasteiger partial charge is 0.357 e. The molecule has 0 saturated carbocycles. The summed E-state index contributed by atoms with van der Waals surface area (Å²) in [7, 11) is -3.15. The topological polar surface area (TPSA) is 73.8 Å². The minimum absolute atomic E-state index is 0. The Bertz CT molecular complexity index is 624. The van der Waals surface area contributed by atoms with Crippen LogP contribution in [0.25, 0.3) is 0 Å². The van der Waals surface area contributed by atoms with Crippen LogP contribution in [0.1, 0.15) is 25.8 Å². The van der Waals surface area contributed by atoms with E-state index in [4.69, 9.17) is 0 Å². The van der Waals surface area contributed by atoms with Crippen molar-refractivity contribution in [2.24, 2.45) is 4.99 Å². The fraction of sp³-hybridized carbons (Fsp3) is 0.562. The van der Waals surface area contributed by atoms with Gasteiger partial charge in [-0.3, -0.25) is 0 Å². The van der Waals surface area contributed by atoms with Gasteiger partial charge in [-0.05, 0) is 31.0 Å². The summed E-state index contributed by atoms with van der Waals surface area (Å²) in [6, 6.07) is 6.23. The molecule has 0 heterocycles. The van der Waals surface area contributed by atoms with E-state index in [-0.39, 0.29) is 29.8 Å². The zero-order chi connectivity index (χ0) is 18.0. The predicted octanol–water partition coefficient (Wildman–Crippen LogP) is 2.17. The minimum atomic E-state index is -3.15. The molecule has 0 aliphatic rings. The molecule has 144 valence electrons. The van der Waals surface area contributed by atoms with Gasteiger partial charge < -0.3 is 10.6 Å². The first kappa shape index (κ1) is 24.1. The molecule has 2 N–H and O–H groups in total. The molecular formula is C16H28FIN4O2S. The third kappa shape index (κ3) is 9.95. The van der Waals surface area contributed by atoms with Crippen LogP contribution in [0.4, 0.5) is 4.39 Å². The molecule has 25 heavy (non-hydrogen) atoms. The Morgan fingerprint density at radius 1 is 1.20 bits per heavy atom. The summed E-state index contributed by atoms with van der Waals surface area (Å²) in [5.41, 5.74) is 0.919. The van der Waals surface area contributed by atoms with E-state index in [1.54, 1.807) is 12.1 Å². The molecule has 0 saturated heterocycles. The van der Waals surface area contributed by atoms with E-state index in [2.05, 4.69) is 15.6 Å². The highest BCUT2D eigenvalue weighted by Gasteiger charge is 2.13. The average molecular weight is 486 g/mol. The number of aliphatic imine (C=N–C) groups is 1. The number of nitrogens with one attached hydrogen (secondary N) is 2. The molecule has 1 aromatic carbocycles. The van der Waals surface area contributed by atoms with Crippen molar-refractivity contribution in [3.63, 3.8) is 0 Å². The van der Waals surface area contributed by atoms with Gasteiger partial charge in [0.05, 0.1) is 12.8 Å². The third-order valence-corrected chi connectivity index (χ3v) is 4.75. The van der Waals surface area contributed by atoms with Crippen molar-refractivity contribution in [1.82, 2.24) is 14.9 Å². The fourth-order valence-electron chi connectivity index (χ4n) is 2.12. The van der Waals surface area contributed by atoms with Crippen LogP contribution in [0.2, 0.25) is 0 Å². The number of sulfonamides is 1. The molecular weight excluding hydrogens is 458 g/mol. The van der Waals surface area contributed by atoms with Crippen molar-refractivity contribution < 1.29 is 12.8 Å². The second-order valence-electron chi connectivity index (χ2n) is 5.36. The smallest absolute Gasteiger partial charge is 0.211 e. The molecule has 1 rings (SSSR count). The molecule has 0 radical (unpaired) electrons. The first-order chi connectivity index (χ1) is 11.4. The Hall–Kier alpha value is -0.940. The maximum Gasteiger partial charge on any atom is 0.211 e. The van der Waals surface area contributed by atoms with Gasteiger partial charge >= 0.3 is 0 Å². The summed E-state index contributed by atoms with van der Waals surface area (Å²) in [6.07, 6.45) is 1.90. The van der Waals surface area contributed by atoms with Gasteiger partial charge in [-0.15, -0.1) is 24.0 Å². The standard InChI is InChI=1S/C16H27FN4O2S.HI/c1-4-18-16(20-13-14-7-9-15(17)10-8-14)19-11-6-12-21(5-2)24(3,22)23;/h7-10H,4-6,11-13H2,1-3H3,(H2,18,19,20);1H. The highest BCUT2D eigenvalue weighted by molar-refractivity contribution is 14.0. The Kier molecular flexibility index (Phi) is 12.0. The van der Waals surface area contributed by atoms with Crippen molar-refractivity contribution in [3.8, 4) is 0 Å². The fourth-order valence-corrected chi connectivity index (χ4v) is 3.05. The average Bonchev–Trinajstić information content (AvgIpc) is 2.52. The predicted molar refractivity (Wildman–Crippen MR) is 111 cm³/mol. The lowest BCUT2D eigenvalue weighted by molar-refractivity contribution is 0.424. The van der Waals surface area contributed by atoms with E-state index in [9.17, 15) is 12.8 Å². The van der Waals surface area contributed by atoms with Gasteiger partial charge in [0.1, 0.15) is 5.82 Å². The van der Waals surface area contributed by atoms with Crippen LogP contribution in [-0.4, -0.2) is 51.1 Å². The Morgan fingerprint density at radius 2 is 1.84 bits per heavy atom. The summed E-state index contributed by atoms with van der Waals surface area (Å²) in [5, 5.41) is 6.31. The van der Waals surface area contributed by atoms with Gasteiger partial charge in [-0.2, -0.15) is 0 Å². The van der Waals surface area contributed by atoms with Gasteiger partial charge in [0.2, 0.25) is 10.0 Å². The molecule has 0 aliphatic heterocycles. The Morgan fingerprint density at radius 3 is 2.36 bits per heavy atom. The Balaban J connectivity index is 0.00000576. The summed E-state index contributed by atoms with van der Waals surface area (Å²) >= 11 is 0. The van der Waals surface area contributed by atoms with Crippen molar-refractivity contribution in [1.29, 1.82) is 0 Å². The number of halogens is 2. The van der Waals surface area contributed by atoms with Crippen LogP contribution in [0.3, 0.4) is 0 Å². The highest BCUT2D eigenvalue weighted by Crippen LogP contribution is 2.04. The van der Waals surface area contributed by atoms with Gasteiger partial charge in [-0.1, -0.05) is 19.1 Å². The third-order valence-electron chi connectivity index (χ3n) is 3.38. The van der Waals surface area contributed by atoms with Crippen molar-refractivity contribution in [3.05, 3.63) is 35.6 Å². The summed E-state index contributed by atoms with van der Waals surface area (Å²) < 4.78 is 37.4. The van der Waals surface area contributed by atoms with Crippen molar-refractivity contribution in [2.45, 2.75) is 26.8 Å². The van der Waals surface area contributed by atoms with E-state index in [0.717, 1.165) is 12.1 Å². The maximum absolute atomic E-state index is 12.9. The second-order valence-corrected chi connectivity index (χ2v) is 7.34. The molecule has 1 aromatic rings. The molecule has 0 aromatic heterocycles. The number of hydrogen-bond acceptors (Lipinski definition) is 3.